The van der Waals surface area contributed by atoms with Gasteiger partial charge in [0, 0.05) is 19.1 Å². The summed E-state index contributed by atoms with van der Waals surface area (Å²) in [5.74, 6) is 0.148. The van der Waals surface area contributed by atoms with Gasteiger partial charge in [-0.05, 0) is 18.4 Å². The van der Waals surface area contributed by atoms with Crippen LogP contribution < -0.4 is 16.6 Å². The quantitative estimate of drug-likeness (QED) is 0.668. The number of carbonyl (C=O) groups is 1. The summed E-state index contributed by atoms with van der Waals surface area (Å²) in [5.41, 5.74) is 13.4. The van der Waals surface area contributed by atoms with Gasteiger partial charge in [-0.3, -0.25) is 4.79 Å². The molecule has 0 saturated carbocycles. The highest BCUT2D eigenvalue weighted by molar-refractivity contribution is 9.09. The maximum atomic E-state index is 12.6. The van der Waals surface area contributed by atoms with Crippen molar-refractivity contribution in [1.29, 1.82) is 0 Å². The highest BCUT2D eigenvalue weighted by Crippen LogP contribution is 2.29. The summed E-state index contributed by atoms with van der Waals surface area (Å²) in [6.07, 6.45) is 1.78. The van der Waals surface area contributed by atoms with Gasteiger partial charge in [-0.1, -0.05) is 46.3 Å². The number of benzene rings is 1. The molecule has 2 heterocycles. The Kier molecular flexibility index (Phi) is 6.23. The van der Waals surface area contributed by atoms with Crippen molar-refractivity contribution in [3.05, 3.63) is 35.9 Å². The predicted octanol–water partition coefficient (Wildman–Crippen LogP) is 1.34. The molecule has 122 valence electrons. The standard InChI is InChI=1S/C15H21BrN4O.ClH/c16-12-13(10-4-2-1-3-5-10)18-19-14(12)15(21)20-8-6-11(17)7-9-20;/h1-5,11-14,18-19H,6-9,17H2;1H. The van der Waals surface area contributed by atoms with Crippen LogP contribution in [0.4, 0.5) is 0 Å². The Bertz CT molecular complexity index is 496. The first-order valence-electron chi connectivity index (χ1n) is 7.41. The van der Waals surface area contributed by atoms with Crippen LogP contribution in [0.1, 0.15) is 24.4 Å². The number of nitrogens with two attached hydrogens (primary N) is 1. The third-order valence-electron chi connectivity index (χ3n) is 4.31. The molecule has 5 nitrogen and oxygen atoms in total. The molecule has 7 heteroatoms. The molecule has 0 bridgehead atoms. The molecule has 1 aromatic carbocycles. The SMILES string of the molecule is Cl.NC1CCN(C(=O)C2NNC(c3ccccc3)C2Br)CC1. The number of rotatable bonds is 2. The topological polar surface area (TPSA) is 70.4 Å². The van der Waals surface area contributed by atoms with E-state index in [4.69, 9.17) is 5.73 Å². The first kappa shape index (κ1) is 17.7. The minimum absolute atomic E-state index is 0. The third kappa shape index (κ3) is 3.63. The maximum absolute atomic E-state index is 12.6. The number of hydrogen-bond acceptors (Lipinski definition) is 4. The van der Waals surface area contributed by atoms with E-state index in [2.05, 4.69) is 38.9 Å². The van der Waals surface area contributed by atoms with Gasteiger partial charge in [0.05, 0.1) is 10.9 Å². The fraction of sp³-hybridized carbons (Fsp3) is 0.533. The second kappa shape index (κ2) is 7.75. The number of hydrazine groups is 1. The molecule has 3 unspecified atom stereocenters. The molecule has 3 atom stereocenters. The average molecular weight is 390 g/mol. The van der Waals surface area contributed by atoms with Crippen LogP contribution in [0.5, 0.6) is 0 Å². The van der Waals surface area contributed by atoms with E-state index < -0.39 is 0 Å². The van der Waals surface area contributed by atoms with Crippen molar-refractivity contribution in [3.63, 3.8) is 0 Å². The summed E-state index contributed by atoms with van der Waals surface area (Å²) in [7, 11) is 0. The number of carbonyl (C=O) groups excluding carboxylic acids is 1. The van der Waals surface area contributed by atoms with Crippen LogP contribution in [-0.2, 0) is 4.79 Å². The molecular formula is C15H22BrClN4O. The zero-order valence-electron chi connectivity index (χ0n) is 12.2. The summed E-state index contributed by atoms with van der Waals surface area (Å²) in [6.45, 7) is 1.52. The molecule has 0 spiro atoms. The highest BCUT2D eigenvalue weighted by atomic mass is 79.9. The molecule has 2 fully saturated rings. The molecule has 4 N–H and O–H groups in total. The first-order valence-corrected chi connectivity index (χ1v) is 8.33. The second-order valence-corrected chi connectivity index (χ2v) is 6.82. The van der Waals surface area contributed by atoms with E-state index in [1.54, 1.807) is 0 Å². The minimum atomic E-state index is -0.246. The molecule has 1 amide bonds. The van der Waals surface area contributed by atoms with Gasteiger partial charge in [0.1, 0.15) is 6.04 Å². The molecule has 2 aliphatic rings. The van der Waals surface area contributed by atoms with Gasteiger partial charge in [-0.2, -0.15) is 0 Å². The summed E-state index contributed by atoms with van der Waals surface area (Å²) in [6, 6.07) is 10.2. The Labute approximate surface area is 145 Å². The number of hydrogen-bond donors (Lipinski definition) is 3. The van der Waals surface area contributed by atoms with E-state index in [9.17, 15) is 4.79 Å². The second-order valence-electron chi connectivity index (χ2n) is 5.76. The van der Waals surface area contributed by atoms with E-state index in [0.717, 1.165) is 25.9 Å². The van der Waals surface area contributed by atoms with Crippen molar-refractivity contribution in [1.82, 2.24) is 15.8 Å². The van der Waals surface area contributed by atoms with E-state index in [1.165, 1.54) is 5.56 Å². The molecule has 2 aliphatic heterocycles. The number of nitrogens with zero attached hydrogens (tertiary/aromatic N) is 1. The summed E-state index contributed by atoms with van der Waals surface area (Å²) in [4.78, 5) is 14.6. The predicted molar refractivity (Wildman–Crippen MR) is 93.0 cm³/mol. The fourth-order valence-corrected chi connectivity index (χ4v) is 3.77. The summed E-state index contributed by atoms with van der Waals surface area (Å²) in [5, 5.41) is 0. The van der Waals surface area contributed by atoms with Crippen molar-refractivity contribution < 1.29 is 4.79 Å². The van der Waals surface area contributed by atoms with Crippen molar-refractivity contribution in [2.75, 3.05) is 13.1 Å². The van der Waals surface area contributed by atoms with E-state index >= 15 is 0 Å². The van der Waals surface area contributed by atoms with E-state index in [0.29, 0.717) is 0 Å². The van der Waals surface area contributed by atoms with Gasteiger partial charge in [-0.15, -0.1) is 12.4 Å². The van der Waals surface area contributed by atoms with Crippen LogP contribution in [0.15, 0.2) is 30.3 Å². The number of alkyl halides is 1. The van der Waals surface area contributed by atoms with Crippen LogP contribution in [0.25, 0.3) is 0 Å². The first-order chi connectivity index (χ1) is 10.2. The van der Waals surface area contributed by atoms with Crippen molar-refractivity contribution in [2.24, 2.45) is 5.73 Å². The highest BCUT2D eigenvalue weighted by Gasteiger charge is 2.41. The van der Waals surface area contributed by atoms with Gasteiger partial charge in [0.2, 0.25) is 5.91 Å². The molecule has 0 aromatic heterocycles. The molecule has 22 heavy (non-hydrogen) atoms. The van der Waals surface area contributed by atoms with Gasteiger partial charge in [-0.25, -0.2) is 10.9 Å². The lowest BCUT2D eigenvalue weighted by Crippen LogP contribution is -2.51. The lowest BCUT2D eigenvalue weighted by atomic mass is 10.00. The lowest BCUT2D eigenvalue weighted by molar-refractivity contribution is -0.134. The van der Waals surface area contributed by atoms with Crippen LogP contribution in [0.2, 0.25) is 0 Å². The smallest absolute Gasteiger partial charge is 0.242 e. The van der Waals surface area contributed by atoms with Gasteiger partial charge >= 0.3 is 0 Å². The van der Waals surface area contributed by atoms with Crippen molar-refractivity contribution in [3.8, 4) is 0 Å². The third-order valence-corrected chi connectivity index (χ3v) is 5.36. The number of nitrogens with one attached hydrogen (secondary N) is 2. The summed E-state index contributed by atoms with van der Waals surface area (Å²) < 4.78 is 0. The minimum Gasteiger partial charge on any atom is -0.341 e. The van der Waals surface area contributed by atoms with Gasteiger partial charge in [0.25, 0.3) is 0 Å². The largest absolute Gasteiger partial charge is 0.341 e. The lowest BCUT2D eigenvalue weighted by Gasteiger charge is -2.32. The Morgan fingerprint density at radius 1 is 1.18 bits per heavy atom. The average Bonchev–Trinajstić information content (AvgIpc) is 2.90. The monoisotopic (exact) mass is 388 g/mol. The van der Waals surface area contributed by atoms with Crippen molar-refractivity contribution in [2.45, 2.75) is 35.8 Å². The Morgan fingerprint density at radius 2 is 1.82 bits per heavy atom. The molecule has 1 aromatic rings. The molecule has 2 saturated heterocycles. The fourth-order valence-electron chi connectivity index (χ4n) is 2.97. The van der Waals surface area contributed by atoms with E-state index in [-0.39, 0.29) is 41.3 Å². The zero-order chi connectivity index (χ0) is 14.8. The van der Waals surface area contributed by atoms with Crippen LogP contribution in [0, 0.1) is 0 Å². The van der Waals surface area contributed by atoms with Crippen LogP contribution in [-0.4, -0.2) is 40.8 Å². The molecular weight excluding hydrogens is 368 g/mol. The number of likely N-dealkylation sites (tertiary alicyclic amines) is 1. The Hall–Kier alpha value is -0.660. The summed E-state index contributed by atoms with van der Waals surface area (Å²) >= 11 is 3.69. The van der Waals surface area contributed by atoms with Gasteiger partial charge < -0.3 is 10.6 Å². The Balaban J connectivity index is 0.00000176. The molecule has 0 aliphatic carbocycles. The Morgan fingerprint density at radius 3 is 2.45 bits per heavy atom. The molecule has 3 rings (SSSR count). The molecule has 0 radical (unpaired) electrons. The van der Waals surface area contributed by atoms with E-state index in [1.807, 2.05) is 23.1 Å². The van der Waals surface area contributed by atoms with Crippen LogP contribution >= 0.6 is 28.3 Å². The maximum Gasteiger partial charge on any atom is 0.242 e. The zero-order valence-corrected chi connectivity index (χ0v) is 14.6. The van der Waals surface area contributed by atoms with Crippen LogP contribution in [0.3, 0.4) is 0 Å². The number of amides is 1. The normalized spacial score (nSPS) is 29.2. The van der Waals surface area contributed by atoms with Crippen molar-refractivity contribution >= 4 is 34.2 Å². The van der Waals surface area contributed by atoms with Gasteiger partial charge in [0.15, 0.2) is 0 Å². The number of halogens is 2. The number of piperidine rings is 1.